The zero-order valence-corrected chi connectivity index (χ0v) is 10.9. The molecule has 1 aliphatic carbocycles. The standard InChI is InChI=1S/C14H26N2/c1-14(2)12-16(11-9-15-14)10-8-13-6-4-3-5-7-13/h6,15H,3-5,7-12H2,1-2H3. The predicted molar refractivity (Wildman–Crippen MR) is 69.7 cm³/mol. The van der Waals surface area contributed by atoms with Crippen LogP contribution in [-0.4, -0.2) is 36.6 Å². The normalized spacial score (nSPS) is 26.5. The Morgan fingerprint density at radius 1 is 1.38 bits per heavy atom. The molecule has 1 saturated heterocycles. The quantitative estimate of drug-likeness (QED) is 0.738. The van der Waals surface area contributed by atoms with Gasteiger partial charge in [-0.25, -0.2) is 0 Å². The summed E-state index contributed by atoms with van der Waals surface area (Å²) < 4.78 is 0. The minimum atomic E-state index is 0.305. The SMILES string of the molecule is CC1(C)CN(CCC2=CCCCC2)CCN1. The number of nitrogens with zero attached hydrogens (tertiary/aromatic N) is 1. The van der Waals surface area contributed by atoms with Gasteiger partial charge in [-0.2, -0.15) is 0 Å². The maximum absolute atomic E-state index is 3.57. The molecule has 0 aromatic carbocycles. The molecule has 16 heavy (non-hydrogen) atoms. The van der Waals surface area contributed by atoms with Crippen LogP contribution in [0.3, 0.4) is 0 Å². The molecule has 0 amide bonds. The van der Waals surface area contributed by atoms with E-state index in [9.17, 15) is 0 Å². The Balaban J connectivity index is 1.75. The largest absolute Gasteiger partial charge is 0.309 e. The molecule has 0 aromatic heterocycles. The van der Waals surface area contributed by atoms with E-state index >= 15 is 0 Å². The van der Waals surface area contributed by atoms with Crippen molar-refractivity contribution >= 4 is 0 Å². The highest BCUT2D eigenvalue weighted by Gasteiger charge is 2.25. The molecule has 1 N–H and O–H groups in total. The van der Waals surface area contributed by atoms with Crippen LogP contribution in [0.15, 0.2) is 11.6 Å². The Labute approximate surface area is 100 Å². The van der Waals surface area contributed by atoms with E-state index < -0.39 is 0 Å². The summed E-state index contributed by atoms with van der Waals surface area (Å²) in [6.45, 7) is 9.43. The Morgan fingerprint density at radius 2 is 2.25 bits per heavy atom. The summed E-state index contributed by atoms with van der Waals surface area (Å²) in [7, 11) is 0. The number of hydrogen-bond donors (Lipinski definition) is 1. The van der Waals surface area contributed by atoms with Crippen LogP contribution in [0.4, 0.5) is 0 Å². The molecule has 2 heteroatoms. The smallest absolute Gasteiger partial charge is 0.0252 e. The van der Waals surface area contributed by atoms with Gasteiger partial charge in [0.25, 0.3) is 0 Å². The van der Waals surface area contributed by atoms with Gasteiger partial charge in [-0.1, -0.05) is 11.6 Å². The lowest BCUT2D eigenvalue weighted by Crippen LogP contribution is -2.57. The minimum absolute atomic E-state index is 0.305. The topological polar surface area (TPSA) is 15.3 Å². The lowest BCUT2D eigenvalue weighted by atomic mass is 9.96. The van der Waals surface area contributed by atoms with Crippen molar-refractivity contribution in [2.75, 3.05) is 26.2 Å². The van der Waals surface area contributed by atoms with E-state index in [0.717, 1.165) is 6.54 Å². The summed E-state index contributed by atoms with van der Waals surface area (Å²) in [5.41, 5.74) is 2.02. The molecule has 0 unspecified atom stereocenters. The molecule has 1 fully saturated rings. The molecule has 2 rings (SSSR count). The zero-order chi connectivity index (χ0) is 11.4. The third kappa shape index (κ3) is 3.60. The number of piperazine rings is 1. The van der Waals surface area contributed by atoms with Crippen LogP contribution >= 0.6 is 0 Å². The summed E-state index contributed by atoms with van der Waals surface area (Å²) in [5, 5.41) is 3.57. The zero-order valence-electron chi connectivity index (χ0n) is 10.9. The van der Waals surface area contributed by atoms with Crippen LogP contribution in [0.1, 0.15) is 46.0 Å². The summed E-state index contributed by atoms with van der Waals surface area (Å²) in [6, 6.07) is 0. The fraction of sp³-hybridized carbons (Fsp3) is 0.857. The van der Waals surface area contributed by atoms with Gasteiger partial charge in [0.2, 0.25) is 0 Å². The first-order chi connectivity index (χ1) is 7.66. The van der Waals surface area contributed by atoms with E-state index in [1.807, 2.05) is 0 Å². The molecule has 0 atom stereocenters. The lowest BCUT2D eigenvalue weighted by molar-refractivity contribution is 0.156. The van der Waals surface area contributed by atoms with E-state index in [1.54, 1.807) is 5.57 Å². The van der Waals surface area contributed by atoms with E-state index in [-0.39, 0.29) is 0 Å². The van der Waals surface area contributed by atoms with E-state index in [1.165, 1.54) is 51.7 Å². The van der Waals surface area contributed by atoms with Gasteiger partial charge in [0.1, 0.15) is 0 Å². The fourth-order valence-corrected chi connectivity index (χ4v) is 2.87. The van der Waals surface area contributed by atoms with E-state index in [0.29, 0.717) is 5.54 Å². The van der Waals surface area contributed by atoms with Gasteiger partial charge < -0.3 is 5.32 Å². The minimum Gasteiger partial charge on any atom is -0.309 e. The van der Waals surface area contributed by atoms with E-state index in [4.69, 9.17) is 0 Å². The molecule has 2 nitrogen and oxygen atoms in total. The van der Waals surface area contributed by atoms with Crippen molar-refractivity contribution in [3.63, 3.8) is 0 Å². The van der Waals surface area contributed by atoms with Gasteiger partial charge in [0.05, 0.1) is 0 Å². The molecular formula is C14H26N2. The van der Waals surface area contributed by atoms with Crippen LogP contribution in [0, 0.1) is 0 Å². The van der Waals surface area contributed by atoms with Crippen LogP contribution in [0.5, 0.6) is 0 Å². The van der Waals surface area contributed by atoms with Gasteiger partial charge in [-0.05, 0) is 46.0 Å². The maximum atomic E-state index is 3.57. The van der Waals surface area contributed by atoms with Gasteiger partial charge in [0, 0.05) is 31.7 Å². The van der Waals surface area contributed by atoms with Gasteiger partial charge in [-0.15, -0.1) is 0 Å². The Hall–Kier alpha value is -0.340. The van der Waals surface area contributed by atoms with Crippen LogP contribution in [0.2, 0.25) is 0 Å². The molecule has 1 aliphatic heterocycles. The maximum Gasteiger partial charge on any atom is 0.0252 e. The molecule has 0 spiro atoms. The van der Waals surface area contributed by atoms with Crippen molar-refractivity contribution in [3.8, 4) is 0 Å². The fourth-order valence-electron chi connectivity index (χ4n) is 2.87. The van der Waals surface area contributed by atoms with Gasteiger partial charge in [-0.3, -0.25) is 4.90 Å². The average Bonchev–Trinajstić information content (AvgIpc) is 2.27. The number of rotatable bonds is 3. The second-order valence-electron chi connectivity index (χ2n) is 5.94. The summed E-state index contributed by atoms with van der Waals surface area (Å²) in [6.07, 6.45) is 9.29. The Bertz CT molecular complexity index is 255. The molecule has 0 bridgehead atoms. The first kappa shape index (κ1) is 12.1. The van der Waals surface area contributed by atoms with Gasteiger partial charge >= 0.3 is 0 Å². The van der Waals surface area contributed by atoms with Crippen LogP contribution in [0.25, 0.3) is 0 Å². The molecule has 1 heterocycles. The summed E-state index contributed by atoms with van der Waals surface area (Å²) in [4.78, 5) is 2.62. The van der Waals surface area contributed by atoms with Crippen LogP contribution in [-0.2, 0) is 0 Å². The third-order valence-corrected chi connectivity index (χ3v) is 3.78. The second kappa shape index (κ2) is 5.33. The monoisotopic (exact) mass is 222 g/mol. The molecule has 0 aromatic rings. The lowest BCUT2D eigenvalue weighted by Gasteiger charge is -2.39. The average molecular weight is 222 g/mol. The predicted octanol–water partition coefficient (Wildman–Crippen LogP) is 2.56. The van der Waals surface area contributed by atoms with Gasteiger partial charge in [0.15, 0.2) is 0 Å². The van der Waals surface area contributed by atoms with E-state index in [2.05, 4.69) is 30.1 Å². The van der Waals surface area contributed by atoms with Crippen molar-refractivity contribution in [3.05, 3.63) is 11.6 Å². The first-order valence-corrected chi connectivity index (χ1v) is 6.81. The first-order valence-electron chi connectivity index (χ1n) is 6.81. The van der Waals surface area contributed by atoms with Crippen molar-refractivity contribution in [1.82, 2.24) is 10.2 Å². The molecule has 92 valence electrons. The van der Waals surface area contributed by atoms with Crippen molar-refractivity contribution < 1.29 is 0 Å². The molecular weight excluding hydrogens is 196 g/mol. The third-order valence-electron chi connectivity index (χ3n) is 3.78. The molecule has 2 aliphatic rings. The van der Waals surface area contributed by atoms with Crippen molar-refractivity contribution in [2.45, 2.75) is 51.5 Å². The second-order valence-corrected chi connectivity index (χ2v) is 5.94. The summed E-state index contributed by atoms with van der Waals surface area (Å²) >= 11 is 0. The van der Waals surface area contributed by atoms with Crippen LogP contribution < -0.4 is 5.32 Å². The highest BCUT2D eigenvalue weighted by molar-refractivity contribution is 5.05. The van der Waals surface area contributed by atoms with Crippen molar-refractivity contribution in [1.29, 1.82) is 0 Å². The number of hydrogen-bond acceptors (Lipinski definition) is 2. The summed E-state index contributed by atoms with van der Waals surface area (Å²) in [5.74, 6) is 0. The molecule has 0 radical (unpaired) electrons. The Kier molecular flexibility index (Phi) is 4.04. The highest BCUT2D eigenvalue weighted by Crippen LogP contribution is 2.21. The number of nitrogens with one attached hydrogen (secondary N) is 1. The molecule has 0 saturated carbocycles. The van der Waals surface area contributed by atoms with Crippen molar-refractivity contribution in [2.24, 2.45) is 0 Å². The highest BCUT2D eigenvalue weighted by atomic mass is 15.2. The Morgan fingerprint density at radius 3 is 2.94 bits per heavy atom. The number of allylic oxidation sites excluding steroid dienone is 1.